The van der Waals surface area contributed by atoms with Crippen LogP contribution in [0, 0.1) is 18.3 Å². The van der Waals surface area contributed by atoms with E-state index in [9.17, 15) is 5.26 Å². The molecule has 4 nitrogen and oxygen atoms in total. The predicted octanol–water partition coefficient (Wildman–Crippen LogP) is 4.98. The lowest BCUT2D eigenvalue weighted by Gasteiger charge is -2.30. The highest BCUT2D eigenvalue weighted by atomic mass is 16.5. The molecule has 3 aromatic rings. The second-order valence-corrected chi connectivity index (χ2v) is 7.08. The molecule has 27 heavy (non-hydrogen) atoms. The highest BCUT2D eigenvalue weighted by Crippen LogP contribution is 2.30. The summed E-state index contributed by atoms with van der Waals surface area (Å²) in [7, 11) is 0. The highest BCUT2D eigenvalue weighted by molar-refractivity contribution is 5.92. The monoisotopic (exact) mass is 357 g/mol. The lowest BCUT2D eigenvalue weighted by molar-refractivity contribution is 0.305. The molecule has 1 aliphatic rings. The van der Waals surface area contributed by atoms with E-state index in [4.69, 9.17) is 9.72 Å². The van der Waals surface area contributed by atoms with Crippen LogP contribution in [-0.4, -0.2) is 18.1 Å². The van der Waals surface area contributed by atoms with Gasteiger partial charge in [0.2, 0.25) is 0 Å². The zero-order valence-electron chi connectivity index (χ0n) is 15.6. The van der Waals surface area contributed by atoms with Crippen molar-refractivity contribution in [3.05, 3.63) is 65.4 Å². The number of rotatable bonds is 4. The summed E-state index contributed by atoms with van der Waals surface area (Å²) in [5, 5.41) is 10.4. The zero-order valence-corrected chi connectivity index (χ0v) is 15.6. The number of piperidine rings is 1. The first-order valence-electron chi connectivity index (χ1n) is 9.52. The van der Waals surface area contributed by atoms with E-state index >= 15 is 0 Å². The van der Waals surface area contributed by atoms with Gasteiger partial charge in [0, 0.05) is 29.9 Å². The Hall–Kier alpha value is -3.06. The van der Waals surface area contributed by atoms with Crippen molar-refractivity contribution >= 4 is 16.6 Å². The fraction of sp³-hybridized carbons (Fsp3) is 0.304. The van der Waals surface area contributed by atoms with E-state index in [0.29, 0.717) is 17.9 Å². The van der Waals surface area contributed by atoms with Crippen molar-refractivity contribution in [3.63, 3.8) is 0 Å². The minimum absolute atomic E-state index is 0.420. The number of fused-ring (bicyclic) bond motifs is 1. The highest BCUT2D eigenvalue weighted by Gasteiger charge is 2.15. The summed E-state index contributed by atoms with van der Waals surface area (Å²) in [6.07, 6.45) is 3.84. The molecule has 0 N–H and O–H groups in total. The molecule has 1 aliphatic heterocycles. The molecule has 0 aliphatic carbocycles. The van der Waals surface area contributed by atoms with Gasteiger partial charge in [0.25, 0.3) is 0 Å². The van der Waals surface area contributed by atoms with E-state index in [1.807, 2.05) is 18.2 Å². The van der Waals surface area contributed by atoms with Gasteiger partial charge in [0.15, 0.2) is 0 Å². The summed E-state index contributed by atoms with van der Waals surface area (Å²) < 4.78 is 5.88. The van der Waals surface area contributed by atoms with Gasteiger partial charge in [-0.2, -0.15) is 5.26 Å². The van der Waals surface area contributed by atoms with Crippen LogP contribution in [0.25, 0.3) is 10.9 Å². The average Bonchev–Trinajstić information content (AvgIpc) is 2.72. The minimum Gasteiger partial charge on any atom is -0.488 e. The van der Waals surface area contributed by atoms with Gasteiger partial charge >= 0.3 is 0 Å². The lowest BCUT2D eigenvalue weighted by atomic mass is 10.1. The first-order chi connectivity index (χ1) is 13.2. The second-order valence-electron chi connectivity index (χ2n) is 7.08. The second kappa shape index (κ2) is 7.67. The zero-order chi connectivity index (χ0) is 18.6. The fourth-order valence-electron chi connectivity index (χ4n) is 3.72. The van der Waals surface area contributed by atoms with Gasteiger partial charge in [-0.1, -0.05) is 24.3 Å². The van der Waals surface area contributed by atoms with Gasteiger partial charge in [-0.15, -0.1) is 0 Å². The summed E-state index contributed by atoms with van der Waals surface area (Å²) >= 11 is 0. The molecule has 1 aromatic heterocycles. The van der Waals surface area contributed by atoms with Crippen LogP contribution in [0.2, 0.25) is 0 Å². The molecule has 1 saturated heterocycles. The molecule has 136 valence electrons. The van der Waals surface area contributed by atoms with Crippen LogP contribution < -0.4 is 9.64 Å². The van der Waals surface area contributed by atoms with Crippen molar-refractivity contribution in [1.82, 2.24) is 4.98 Å². The molecule has 0 saturated carbocycles. The third-order valence-electron chi connectivity index (χ3n) is 5.08. The van der Waals surface area contributed by atoms with E-state index in [0.717, 1.165) is 29.9 Å². The summed E-state index contributed by atoms with van der Waals surface area (Å²) in [5.74, 6) is 0.617. The van der Waals surface area contributed by atoms with E-state index in [-0.39, 0.29) is 0 Å². The van der Waals surface area contributed by atoms with Gasteiger partial charge in [-0.3, -0.25) is 4.98 Å². The van der Waals surface area contributed by atoms with Crippen LogP contribution in [-0.2, 0) is 6.61 Å². The number of para-hydroxylation sites is 1. The number of pyridine rings is 1. The van der Waals surface area contributed by atoms with Crippen molar-refractivity contribution < 1.29 is 4.74 Å². The normalized spacial score (nSPS) is 14.1. The van der Waals surface area contributed by atoms with Gasteiger partial charge in [0.1, 0.15) is 18.4 Å². The number of hydrogen-bond donors (Lipinski definition) is 0. The molecular formula is C23H23N3O. The maximum absolute atomic E-state index is 9.20. The molecule has 0 radical (unpaired) electrons. The first-order valence-corrected chi connectivity index (χ1v) is 9.52. The molecule has 4 heteroatoms. The summed E-state index contributed by atoms with van der Waals surface area (Å²) in [4.78, 5) is 7.23. The van der Waals surface area contributed by atoms with Crippen LogP contribution in [0.15, 0.2) is 48.5 Å². The number of nitrogens with zero attached hydrogens (tertiary/aromatic N) is 3. The van der Waals surface area contributed by atoms with Crippen LogP contribution in [0.3, 0.4) is 0 Å². The molecule has 2 aromatic carbocycles. The van der Waals surface area contributed by atoms with Gasteiger partial charge in [-0.25, -0.2) is 0 Å². The topological polar surface area (TPSA) is 49.1 Å². The molecule has 0 spiro atoms. The Labute approximate surface area is 160 Å². The first kappa shape index (κ1) is 17.4. The Kier molecular flexibility index (Phi) is 4.93. The van der Waals surface area contributed by atoms with Gasteiger partial charge in [-0.05, 0) is 56.0 Å². The fourth-order valence-corrected chi connectivity index (χ4v) is 3.72. The standard InChI is InChI=1S/C23H23N3O/c1-17-13-22(26-11-5-2-6-12-26)20-10-9-18(14-21(20)25-17)16-27-23-8-4-3-7-19(23)15-24/h3-4,7-10,13-14H,2,5-6,11-12,16H2,1H3. The van der Waals surface area contributed by atoms with E-state index < -0.39 is 0 Å². The molecule has 2 heterocycles. The number of nitriles is 1. The maximum Gasteiger partial charge on any atom is 0.137 e. The maximum atomic E-state index is 9.20. The summed E-state index contributed by atoms with van der Waals surface area (Å²) in [6, 6.07) is 18.0. The summed E-state index contributed by atoms with van der Waals surface area (Å²) in [5.41, 5.74) is 4.94. The van der Waals surface area contributed by atoms with Crippen LogP contribution in [0.5, 0.6) is 5.75 Å². The molecule has 0 unspecified atom stereocenters. The minimum atomic E-state index is 0.420. The summed E-state index contributed by atoms with van der Waals surface area (Å²) in [6.45, 7) is 4.71. The molecule has 0 amide bonds. The molecule has 4 rings (SSSR count). The van der Waals surface area contributed by atoms with Crippen molar-refractivity contribution in [1.29, 1.82) is 5.26 Å². The number of hydrogen-bond acceptors (Lipinski definition) is 4. The lowest BCUT2D eigenvalue weighted by Crippen LogP contribution is -2.29. The Bertz CT molecular complexity index is 1000. The third-order valence-corrected chi connectivity index (χ3v) is 5.08. The SMILES string of the molecule is Cc1cc(N2CCCCC2)c2ccc(COc3ccccc3C#N)cc2n1. The van der Waals surface area contributed by atoms with Crippen LogP contribution in [0.1, 0.15) is 36.1 Å². The Morgan fingerprint density at radius 1 is 1.07 bits per heavy atom. The van der Waals surface area contributed by atoms with E-state index in [2.05, 4.69) is 42.2 Å². The number of ether oxygens (including phenoxy) is 1. The average molecular weight is 357 g/mol. The third kappa shape index (κ3) is 3.73. The Morgan fingerprint density at radius 3 is 2.70 bits per heavy atom. The number of aryl methyl sites for hydroxylation is 1. The van der Waals surface area contributed by atoms with Crippen molar-refractivity contribution in [2.75, 3.05) is 18.0 Å². The quantitative estimate of drug-likeness (QED) is 0.660. The molecule has 0 bridgehead atoms. The van der Waals surface area contributed by atoms with E-state index in [1.54, 1.807) is 6.07 Å². The van der Waals surface area contributed by atoms with Crippen LogP contribution in [0.4, 0.5) is 5.69 Å². The number of anilines is 1. The smallest absolute Gasteiger partial charge is 0.137 e. The Morgan fingerprint density at radius 2 is 1.89 bits per heavy atom. The molecule has 1 fully saturated rings. The predicted molar refractivity (Wildman–Crippen MR) is 108 cm³/mol. The van der Waals surface area contributed by atoms with Gasteiger partial charge in [0.05, 0.1) is 11.1 Å². The van der Waals surface area contributed by atoms with Gasteiger partial charge < -0.3 is 9.64 Å². The van der Waals surface area contributed by atoms with Crippen molar-refractivity contribution in [3.8, 4) is 11.8 Å². The Balaban J connectivity index is 1.61. The van der Waals surface area contributed by atoms with Crippen molar-refractivity contribution in [2.45, 2.75) is 32.8 Å². The van der Waals surface area contributed by atoms with Crippen molar-refractivity contribution in [2.24, 2.45) is 0 Å². The number of aromatic nitrogens is 1. The van der Waals surface area contributed by atoms with E-state index in [1.165, 1.54) is 30.3 Å². The van der Waals surface area contributed by atoms with Crippen LogP contribution >= 0.6 is 0 Å². The molecular weight excluding hydrogens is 334 g/mol. The largest absolute Gasteiger partial charge is 0.488 e. The number of benzene rings is 2. The molecule has 0 atom stereocenters.